The second-order valence-corrected chi connectivity index (χ2v) is 15.0. The summed E-state index contributed by atoms with van der Waals surface area (Å²) in [5.41, 5.74) is 0.990. The zero-order chi connectivity index (χ0) is 36.6. The van der Waals surface area contributed by atoms with E-state index in [0.717, 1.165) is 36.8 Å². The molecule has 18 heteroatoms. The van der Waals surface area contributed by atoms with Crippen molar-refractivity contribution in [3.8, 4) is 23.5 Å². The van der Waals surface area contributed by atoms with Crippen LogP contribution >= 0.6 is 39.1 Å². The number of aromatic nitrogens is 8. The van der Waals surface area contributed by atoms with Crippen LogP contribution in [0.2, 0.25) is 10.0 Å². The van der Waals surface area contributed by atoms with Crippen LogP contribution in [0.1, 0.15) is 36.4 Å². The van der Waals surface area contributed by atoms with Crippen molar-refractivity contribution in [2.75, 3.05) is 44.4 Å². The molecule has 6 heterocycles. The number of halogens is 5. The largest absolute Gasteiger partial charge is 0.424 e. The molecule has 4 fully saturated rings. The molecule has 0 radical (unpaired) electrons. The Kier molecular flexibility index (Phi) is 10.5. The van der Waals surface area contributed by atoms with Gasteiger partial charge in [-0.2, -0.15) is 15.1 Å². The first-order chi connectivity index (χ1) is 25.7. The van der Waals surface area contributed by atoms with Crippen LogP contribution in [0.15, 0.2) is 53.5 Å². The number of anilines is 1. The maximum atomic E-state index is 13.6. The van der Waals surface area contributed by atoms with E-state index in [9.17, 15) is 8.78 Å². The lowest BCUT2D eigenvalue weighted by Crippen LogP contribution is -2.43. The Morgan fingerprint density at radius 1 is 0.792 bits per heavy atom. The van der Waals surface area contributed by atoms with Crippen molar-refractivity contribution in [2.24, 2.45) is 17.8 Å². The Morgan fingerprint density at radius 2 is 1.36 bits per heavy atom. The molecule has 3 aromatic heterocycles. The molecule has 53 heavy (non-hydrogen) atoms. The molecule has 3 atom stereocenters. The highest BCUT2D eigenvalue weighted by Crippen LogP contribution is 2.44. The van der Waals surface area contributed by atoms with Crippen LogP contribution in [0, 0.1) is 36.3 Å². The number of piperidine rings is 1. The summed E-state index contributed by atoms with van der Waals surface area (Å²) in [4.78, 5) is 20.0. The predicted octanol–water partition coefficient (Wildman–Crippen LogP) is 7.43. The van der Waals surface area contributed by atoms with Crippen LogP contribution in [0.25, 0.3) is 0 Å². The van der Waals surface area contributed by atoms with E-state index >= 15 is 0 Å². The molecule has 2 bridgehead atoms. The van der Waals surface area contributed by atoms with E-state index in [2.05, 4.69) is 46.9 Å². The van der Waals surface area contributed by atoms with Gasteiger partial charge in [0.05, 0.1) is 36.5 Å². The highest BCUT2D eigenvalue weighted by molar-refractivity contribution is 9.10. The van der Waals surface area contributed by atoms with Gasteiger partial charge in [0, 0.05) is 43.4 Å². The second kappa shape index (κ2) is 15.4. The molecule has 1 saturated carbocycles. The smallest absolute Gasteiger partial charge is 0.321 e. The van der Waals surface area contributed by atoms with E-state index in [1.807, 2.05) is 6.92 Å². The first-order valence-corrected chi connectivity index (χ1v) is 18.7. The van der Waals surface area contributed by atoms with E-state index in [1.165, 1.54) is 43.2 Å². The molecule has 0 spiro atoms. The highest BCUT2D eigenvalue weighted by Gasteiger charge is 2.43. The molecule has 278 valence electrons. The topological polar surface area (TPSA) is 127 Å². The Hall–Kier alpha value is -3.96. The number of ether oxygens (including phenoxy) is 4. The molecule has 0 N–H and O–H groups in total. The number of rotatable bonds is 9. The molecular weight excluding hydrogens is 799 g/mol. The molecule has 13 nitrogen and oxygen atoms in total. The van der Waals surface area contributed by atoms with Gasteiger partial charge in [-0.25, -0.2) is 28.1 Å². The second-order valence-electron chi connectivity index (χ2n) is 13.5. The maximum absolute atomic E-state index is 13.6. The molecule has 2 aromatic carbocycles. The fourth-order valence-corrected chi connectivity index (χ4v) is 7.70. The van der Waals surface area contributed by atoms with E-state index in [-0.39, 0.29) is 22.1 Å². The van der Waals surface area contributed by atoms with Gasteiger partial charge in [-0.15, -0.1) is 5.10 Å². The maximum Gasteiger partial charge on any atom is 0.321 e. The summed E-state index contributed by atoms with van der Waals surface area (Å²) in [5.74, 6) is 3.33. The minimum Gasteiger partial charge on any atom is -0.424 e. The van der Waals surface area contributed by atoms with Crippen LogP contribution in [-0.2, 0) is 15.9 Å². The molecule has 9 rings (SSSR count). The van der Waals surface area contributed by atoms with Crippen molar-refractivity contribution in [1.82, 2.24) is 39.5 Å². The lowest BCUT2D eigenvalue weighted by atomic mass is 9.82. The minimum atomic E-state index is -0.496. The van der Waals surface area contributed by atoms with Crippen LogP contribution in [0.5, 0.6) is 23.5 Å². The van der Waals surface area contributed by atoms with E-state index in [1.54, 1.807) is 21.8 Å². The number of nitrogens with zero attached hydrogens (tertiary/aromatic N) is 9. The molecule has 1 unspecified atom stereocenters. The molecule has 5 aromatic rings. The van der Waals surface area contributed by atoms with Crippen molar-refractivity contribution < 1.29 is 27.7 Å². The monoisotopic (exact) mass is 831 g/mol. The molecule has 1 aliphatic carbocycles. The van der Waals surface area contributed by atoms with Crippen molar-refractivity contribution in [1.29, 1.82) is 0 Å². The third kappa shape index (κ3) is 7.97. The lowest BCUT2D eigenvalue weighted by molar-refractivity contribution is -0.0314. The average Bonchev–Trinajstić information content (AvgIpc) is 3.70. The Bertz CT molecular complexity index is 2090. The summed E-state index contributed by atoms with van der Waals surface area (Å²) in [6.45, 7) is 6.27. The number of benzene rings is 2. The van der Waals surface area contributed by atoms with Gasteiger partial charge in [-0.05, 0) is 77.7 Å². The van der Waals surface area contributed by atoms with Gasteiger partial charge in [-0.3, -0.25) is 0 Å². The van der Waals surface area contributed by atoms with Crippen LogP contribution < -0.4 is 14.4 Å². The van der Waals surface area contributed by atoms with Crippen molar-refractivity contribution in [3.05, 3.63) is 86.7 Å². The molecule has 3 saturated heterocycles. The summed E-state index contributed by atoms with van der Waals surface area (Å²) >= 11 is 14.8. The summed E-state index contributed by atoms with van der Waals surface area (Å²) in [5, 5.41) is 8.99. The standard InChI is InChI=1S/C24H26ClFN6O2.C11H8BrClFN3O2/c1-14-6-23(28-13-27-14)31-9-15-2-3-16(10-31)19(15)8-22-29-24(32(30-22)17-11-33-12-17)34-18-4-5-21(26)20(25)7-18;12-10-15-11(17(16-10)6-4-18-5-6)19-7-1-2-9(14)8(13)3-7/h4-7,13,15-17,19H,2-3,8-12H2,1H3;1-3,6H,4-5H2/t15-,16+,19?;. The first-order valence-electron chi connectivity index (χ1n) is 17.2. The van der Waals surface area contributed by atoms with Crippen molar-refractivity contribution in [2.45, 2.75) is 38.3 Å². The zero-order valence-corrected chi connectivity index (χ0v) is 31.5. The first kappa shape index (κ1) is 36.0. The number of fused-ring (bicyclic) bond motifs is 2. The van der Waals surface area contributed by atoms with Gasteiger partial charge < -0.3 is 23.8 Å². The van der Waals surface area contributed by atoms with Crippen LogP contribution in [-0.4, -0.2) is 79.0 Å². The number of aryl methyl sites for hydroxylation is 1. The summed E-state index contributed by atoms with van der Waals surface area (Å²) in [6.07, 6.45) is 4.89. The highest BCUT2D eigenvalue weighted by atomic mass is 79.9. The SMILES string of the molecule is Cc1cc(N2C[C@H]3CC[C@@H](C2)C3Cc2nc(Oc3ccc(F)c(Cl)c3)n(C3COC3)n2)ncn1.Fc1ccc(Oc2nc(Br)nn2C2COC2)cc1Cl. The molecule has 4 aliphatic rings. The quantitative estimate of drug-likeness (QED) is 0.147. The van der Waals surface area contributed by atoms with Gasteiger partial charge in [0.15, 0.2) is 5.82 Å². The van der Waals surface area contributed by atoms with E-state index in [0.29, 0.717) is 72.4 Å². The fourth-order valence-electron chi connectivity index (χ4n) is 7.04. The van der Waals surface area contributed by atoms with Gasteiger partial charge >= 0.3 is 12.0 Å². The van der Waals surface area contributed by atoms with Gasteiger partial charge in [0.25, 0.3) is 0 Å². The Morgan fingerprint density at radius 3 is 1.89 bits per heavy atom. The third-order valence-corrected chi connectivity index (χ3v) is 10.8. The van der Waals surface area contributed by atoms with Crippen molar-refractivity contribution in [3.63, 3.8) is 0 Å². The number of hydrogen-bond acceptors (Lipinski definition) is 11. The fraction of sp³-hybridized carbons (Fsp3) is 0.429. The van der Waals surface area contributed by atoms with Gasteiger partial charge in [0.2, 0.25) is 4.73 Å². The summed E-state index contributed by atoms with van der Waals surface area (Å²) < 4.78 is 52.5. The van der Waals surface area contributed by atoms with Crippen LogP contribution in [0.3, 0.4) is 0 Å². The van der Waals surface area contributed by atoms with Crippen molar-refractivity contribution >= 4 is 44.9 Å². The molecular formula is C35H34BrCl2F2N9O4. The van der Waals surface area contributed by atoms with Crippen LogP contribution in [0.4, 0.5) is 14.6 Å². The molecule has 0 amide bonds. The normalized spacial score (nSPS) is 21.1. The Labute approximate surface area is 321 Å². The lowest BCUT2D eigenvalue weighted by Gasteiger charge is -2.38. The minimum absolute atomic E-state index is 0.00499. The van der Waals surface area contributed by atoms with Gasteiger partial charge in [0.1, 0.15) is 47.4 Å². The molecule has 3 aliphatic heterocycles. The van der Waals surface area contributed by atoms with E-state index < -0.39 is 11.6 Å². The summed E-state index contributed by atoms with van der Waals surface area (Å²) in [6, 6.07) is 11.4. The third-order valence-electron chi connectivity index (χ3n) is 9.91. The Balaban J connectivity index is 0.000000178. The zero-order valence-electron chi connectivity index (χ0n) is 28.4. The number of hydrogen-bond donors (Lipinski definition) is 0. The van der Waals surface area contributed by atoms with Gasteiger partial charge in [-0.1, -0.05) is 23.2 Å². The predicted molar refractivity (Wildman–Crippen MR) is 193 cm³/mol. The average molecular weight is 834 g/mol. The van der Waals surface area contributed by atoms with E-state index in [4.69, 9.17) is 52.2 Å². The summed E-state index contributed by atoms with van der Waals surface area (Å²) in [7, 11) is 0.